The van der Waals surface area contributed by atoms with Crippen LogP contribution in [0.5, 0.6) is 0 Å². The standard InChI is InChI=1S/C28H26Cl3N3O2/c1-5-20-25(32-16(4)35)23-13-22(17-6-8-18(29)9-7-17)26(21-11-10-19(30)12-24(21)31)33-27(23)34(28(20)36)14-15(2)3/h6-13,15H,5,14H2,1-4H3,(H,32,35). The molecular formula is C28H26Cl3N3O2. The van der Waals surface area contributed by atoms with E-state index in [1.165, 1.54) is 6.92 Å². The molecule has 0 aliphatic rings. The Balaban J connectivity index is 2.20. The fraction of sp³-hybridized carbons (Fsp3) is 0.250. The molecule has 2 heterocycles. The number of fused-ring (bicyclic) bond motifs is 1. The van der Waals surface area contributed by atoms with Crippen molar-refractivity contribution in [1.82, 2.24) is 9.55 Å². The molecule has 0 spiro atoms. The van der Waals surface area contributed by atoms with E-state index in [1.807, 2.05) is 45.0 Å². The van der Waals surface area contributed by atoms with Gasteiger partial charge in [0, 0.05) is 45.6 Å². The van der Waals surface area contributed by atoms with Gasteiger partial charge in [-0.05, 0) is 54.3 Å². The fourth-order valence-corrected chi connectivity index (χ4v) is 4.96. The molecule has 2 aromatic heterocycles. The van der Waals surface area contributed by atoms with Crippen LogP contribution in [0.3, 0.4) is 0 Å². The number of nitrogens with one attached hydrogen (secondary N) is 1. The summed E-state index contributed by atoms with van der Waals surface area (Å²) in [6, 6.07) is 14.6. The summed E-state index contributed by atoms with van der Waals surface area (Å²) in [5, 5.41) is 5.14. The Morgan fingerprint density at radius 3 is 2.25 bits per heavy atom. The van der Waals surface area contributed by atoms with Gasteiger partial charge in [0.1, 0.15) is 5.65 Å². The van der Waals surface area contributed by atoms with Gasteiger partial charge in [-0.3, -0.25) is 14.2 Å². The molecule has 5 nitrogen and oxygen atoms in total. The van der Waals surface area contributed by atoms with Gasteiger partial charge in [0.15, 0.2) is 0 Å². The van der Waals surface area contributed by atoms with E-state index in [9.17, 15) is 9.59 Å². The Labute approximate surface area is 225 Å². The second kappa shape index (κ2) is 10.6. The van der Waals surface area contributed by atoms with Gasteiger partial charge < -0.3 is 5.32 Å². The van der Waals surface area contributed by atoms with Crippen LogP contribution in [0.25, 0.3) is 33.4 Å². The number of hydrogen-bond acceptors (Lipinski definition) is 3. The third-order valence-electron chi connectivity index (χ3n) is 5.88. The summed E-state index contributed by atoms with van der Waals surface area (Å²) in [5.74, 6) is -0.0626. The number of halogens is 3. The van der Waals surface area contributed by atoms with Gasteiger partial charge in [0.2, 0.25) is 5.91 Å². The van der Waals surface area contributed by atoms with Crippen LogP contribution in [0.4, 0.5) is 5.69 Å². The van der Waals surface area contributed by atoms with Crippen LogP contribution < -0.4 is 10.9 Å². The fourth-order valence-electron chi connectivity index (χ4n) is 4.34. The lowest BCUT2D eigenvalue weighted by Gasteiger charge is -2.21. The molecule has 1 amide bonds. The van der Waals surface area contributed by atoms with E-state index in [1.54, 1.807) is 28.8 Å². The lowest BCUT2D eigenvalue weighted by atomic mass is 9.96. The zero-order valence-corrected chi connectivity index (χ0v) is 22.7. The van der Waals surface area contributed by atoms with Crippen molar-refractivity contribution >= 4 is 57.4 Å². The third-order valence-corrected chi connectivity index (χ3v) is 6.68. The Morgan fingerprint density at radius 2 is 1.67 bits per heavy atom. The van der Waals surface area contributed by atoms with Crippen molar-refractivity contribution in [2.45, 2.75) is 40.7 Å². The van der Waals surface area contributed by atoms with Crippen molar-refractivity contribution in [1.29, 1.82) is 0 Å². The van der Waals surface area contributed by atoms with E-state index in [-0.39, 0.29) is 17.4 Å². The van der Waals surface area contributed by atoms with E-state index in [0.717, 1.165) is 11.1 Å². The molecule has 0 unspecified atom stereocenters. The second-order valence-corrected chi connectivity index (χ2v) is 10.4. The summed E-state index contributed by atoms with van der Waals surface area (Å²) < 4.78 is 1.70. The minimum atomic E-state index is -0.259. The highest BCUT2D eigenvalue weighted by Gasteiger charge is 2.22. The first-order valence-corrected chi connectivity index (χ1v) is 12.8. The quantitative estimate of drug-likeness (QED) is 0.270. The molecule has 8 heteroatoms. The van der Waals surface area contributed by atoms with Gasteiger partial charge in [-0.2, -0.15) is 0 Å². The maximum atomic E-state index is 13.6. The van der Waals surface area contributed by atoms with Gasteiger partial charge in [-0.15, -0.1) is 0 Å². The first-order valence-electron chi connectivity index (χ1n) is 11.7. The highest BCUT2D eigenvalue weighted by molar-refractivity contribution is 6.36. The number of pyridine rings is 2. The zero-order chi connectivity index (χ0) is 26.1. The highest BCUT2D eigenvalue weighted by atomic mass is 35.5. The Hall–Kier alpha value is -2.86. The van der Waals surface area contributed by atoms with Crippen LogP contribution in [0.2, 0.25) is 15.1 Å². The Morgan fingerprint density at radius 1 is 1.00 bits per heavy atom. The van der Waals surface area contributed by atoms with Gasteiger partial charge in [0.05, 0.1) is 16.4 Å². The number of aromatic nitrogens is 2. The summed E-state index contributed by atoms with van der Waals surface area (Å²) in [7, 11) is 0. The van der Waals surface area contributed by atoms with Gasteiger partial charge in [-0.1, -0.05) is 67.7 Å². The predicted octanol–water partition coefficient (Wildman–Crippen LogP) is 7.87. The van der Waals surface area contributed by atoms with Crippen molar-refractivity contribution in [3.05, 3.63) is 79.5 Å². The second-order valence-electron chi connectivity index (χ2n) is 9.08. The topological polar surface area (TPSA) is 64.0 Å². The molecule has 0 bridgehead atoms. The van der Waals surface area contributed by atoms with E-state index in [0.29, 0.717) is 61.6 Å². The van der Waals surface area contributed by atoms with Crippen LogP contribution in [0.1, 0.15) is 33.3 Å². The average Bonchev–Trinajstić information content (AvgIpc) is 2.81. The predicted molar refractivity (Wildman–Crippen MR) is 150 cm³/mol. The van der Waals surface area contributed by atoms with E-state index in [4.69, 9.17) is 39.8 Å². The lowest BCUT2D eigenvalue weighted by Crippen LogP contribution is -2.29. The van der Waals surface area contributed by atoms with Crippen LogP contribution in [-0.2, 0) is 17.8 Å². The minimum Gasteiger partial charge on any atom is -0.325 e. The summed E-state index contributed by atoms with van der Waals surface area (Å²) in [4.78, 5) is 30.8. The molecular weight excluding hydrogens is 517 g/mol. The average molecular weight is 543 g/mol. The Bertz CT molecular complexity index is 1530. The molecule has 1 N–H and O–H groups in total. The number of nitrogens with zero attached hydrogens (tertiary/aromatic N) is 2. The molecule has 4 aromatic rings. The van der Waals surface area contributed by atoms with E-state index in [2.05, 4.69) is 5.32 Å². The maximum absolute atomic E-state index is 13.6. The largest absolute Gasteiger partial charge is 0.325 e. The minimum absolute atomic E-state index is 0.164. The van der Waals surface area contributed by atoms with Crippen LogP contribution in [0.15, 0.2) is 53.3 Å². The van der Waals surface area contributed by atoms with Gasteiger partial charge >= 0.3 is 0 Å². The number of benzene rings is 2. The molecule has 4 rings (SSSR count). The first kappa shape index (κ1) is 26.2. The van der Waals surface area contributed by atoms with Crippen LogP contribution in [-0.4, -0.2) is 15.5 Å². The summed E-state index contributed by atoms with van der Waals surface area (Å²) in [6.07, 6.45) is 0.462. The summed E-state index contributed by atoms with van der Waals surface area (Å²) in [5.41, 5.74) is 4.27. The number of amides is 1. The summed E-state index contributed by atoms with van der Waals surface area (Å²) >= 11 is 19.0. The van der Waals surface area contributed by atoms with E-state index >= 15 is 0 Å². The molecule has 0 atom stereocenters. The monoisotopic (exact) mass is 541 g/mol. The third kappa shape index (κ3) is 5.15. The molecule has 0 radical (unpaired) electrons. The number of anilines is 1. The van der Waals surface area contributed by atoms with Gasteiger partial charge in [-0.25, -0.2) is 4.98 Å². The van der Waals surface area contributed by atoms with Crippen LogP contribution in [0, 0.1) is 5.92 Å². The molecule has 0 fully saturated rings. The lowest BCUT2D eigenvalue weighted by molar-refractivity contribution is -0.114. The molecule has 2 aromatic carbocycles. The van der Waals surface area contributed by atoms with Crippen LogP contribution >= 0.6 is 34.8 Å². The maximum Gasteiger partial charge on any atom is 0.257 e. The van der Waals surface area contributed by atoms with Gasteiger partial charge in [0.25, 0.3) is 5.56 Å². The van der Waals surface area contributed by atoms with Crippen molar-refractivity contribution in [2.24, 2.45) is 5.92 Å². The number of carbonyl (C=O) groups is 1. The molecule has 0 saturated heterocycles. The molecule has 186 valence electrons. The zero-order valence-electron chi connectivity index (χ0n) is 20.5. The number of carbonyl (C=O) groups excluding carboxylic acids is 1. The normalized spacial score (nSPS) is 11.3. The molecule has 0 saturated carbocycles. The van der Waals surface area contributed by atoms with Crippen molar-refractivity contribution in [3.63, 3.8) is 0 Å². The van der Waals surface area contributed by atoms with E-state index < -0.39 is 0 Å². The smallest absolute Gasteiger partial charge is 0.257 e. The van der Waals surface area contributed by atoms with Crippen molar-refractivity contribution < 1.29 is 4.79 Å². The highest BCUT2D eigenvalue weighted by Crippen LogP contribution is 2.39. The number of rotatable bonds is 6. The molecule has 0 aliphatic heterocycles. The van der Waals surface area contributed by atoms with Crippen molar-refractivity contribution in [2.75, 3.05) is 5.32 Å². The molecule has 36 heavy (non-hydrogen) atoms. The number of hydrogen-bond donors (Lipinski definition) is 1. The summed E-state index contributed by atoms with van der Waals surface area (Å²) in [6.45, 7) is 7.91. The Kier molecular flexibility index (Phi) is 7.74. The van der Waals surface area contributed by atoms with Crippen molar-refractivity contribution in [3.8, 4) is 22.4 Å². The SMILES string of the molecule is CCc1c(NC(C)=O)c2cc(-c3ccc(Cl)cc3)c(-c3ccc(Cl)cc3Cl)nc2n(CC(C)C)c1=O. The first-order chi connectivity index (χ1) is 17.1. The molecule has 0 aliphatic carbocycles.